The molecule has 0 aliphatic heterocycles. The van der Waals surface area contributed by atoms with Crippen LogP contribution in [-0.4, -0.2) is 33.4 Å². The fourth-order valence-electron chi connectivity index (χ4n) is 2.24. The Bertz CT molecular complexity index is 593. The van der Waals surface area contributed by atoms with Crippen LogP contribution in [0.4, 0.5) is 5.69 Å². The van der Waals surface area contributed by atoms with Crippen molar-refractivity contribution in [2.75, 3.05) is 18.9 Å². The number of rotatable bonds is 6. The van der Waals surface area contributed by atoms with E-state index in [0.717, 1.165) is 11.1 Å². The van der Waals surface area contributed by atoms with Gasteiger partial charge in [-0.3, -0.25) is 0 Å². The van der Waals surface area contributed by atoms with Crippen molar-refractivity contribution >= 4 is 5.69 Å². The molecule has 1 heterocycles. The van der Waals surface area contributed by atoms with Gasteiger partial charge in [-0.05, 0) is 42.3 Å². The first-order valence-corrected chi connectivity index (χ1v) is 7.26. The van der Waals surface area contributed by atoms with Crippen LogP contribution in [-0.2, 0) is 4.74 Å². The van der Waals surface area contributed by atoms with Gasteiger partial charge in [0.2, 0.25) is 0 Å². The predicted molar refractivity (Wildman–Crippen MR) is 82.8 cm³/mol. The van der Waals surface area contributed by atoms with Crippen molar-refractivity contribution in [2.24, 2.45) is 5.92 Å². The standard InChI is InChI=1S/C15H23N5O/c1-5-21-9-14(10(2)3)20-15(17-18-19-20)12-8-11(4)6-7-13(12)16/h6-8,10,14H,5,9,16H2,1-4H3. The van der Waals surface area contributed by atoms with Crippen LogP contribution < -0.4 is 5.73 Å². The molecule has 6 heteroatoms. The maximum Gasteiger partial charge on any atom is 0.184 e. The summed E-state index contributed by atoms with van der Waals surface area (Å²) >= 11 is 0. The fourth-order valence-corrected chi connectivity index (χ4v) is 2.24. The largest absolute Gasteiger partial charge is 0.398 e. The van der Waals surface area contributed by atoms with Crippen LogP contribution in [0.5, 0.6) is 0 Å². The number of nitrogen functional groups attached to an aromatic ring is 1. The molecule has 2 N–H and O–H groups in total. The summed E-state index contributed by atoms with van der Waals surface area (Å²) in [6, 6.07) is 5.95. The molecule has 0 amide bonds. The normalized spacial score (nSPS) is 12.8. The van der Waals surface area contributed by atoms with E-state index in [0.29, 0.717) is 30.6 Å². The molecule has 0 aliphatic rings. The number of nitrogens with zero attached hydrogens (tertiary/aromatic N) is 4. The highest BCUT2D eigenvalue weighted by Gasteiger charge is 2.22. The van der Waals surface area contributed by atoms with Gasteiger partial charge in [-0.2, -0.15) is 0 Å². The van der Waals surface area contributed by atoms with Crippen molar-refractivity contribution in [3.05, 3.63) is 23.8 Å². The summed E-state index contributed by atoms with van der Waals surface area (Å²) in [5, 5.41) is 12.2. The zero-order valence-electron chi connectivity index (χ0n) is 13.1. The molecule has 1 aromatic heterocycles. The maximum atomic E-state index is 6.09. The summed E-state index contributed by atoms with van der Waals surface area (Å²) in [6.45, 7) is 9.53. The van der Waals surface area contributed by atoms with Gasteiger partial charge in [0.25, 0.3) is 0 Å². The van der Waals surface area contributed by atoms with E-state index in [-0.39, 0.29) is 6.04 Å². The molecule has 0 bridgehead atoms. The number of anilines is 1. The molecule has 0 radical (unpaired) electrons. The summed E-state index contributed by atoms with van der Waals surface area (Å²) in [6.07, 6.45) is 0. The number of tetrazole rings is 1. The third-order valence-electron chi connectivity index (χ3n) is 3.52. The highest BCUT2D eigenvalue weighted by Crippen LogP contribution is 2.28. The van der Waals surface area contributed by atoms with E-state index in [9.17, 15) is 0 Å². The maximum absolute atomic E-state index is 6.09. The Balaban J connectivity index is 2.43. The van der Waals surface area contributed by atoms with E-state index >= 15 is 0 Å². The number of aromatic nitrogens is 4. The van der Waals surface area contributed by atoms with Crippen molar-refractivity contribution in [1.82, 2.24) is 20.2 Å². The number of hydrogen-bond donors (Lipinski definition) is 1. The van der Waals surface area contributed by atoms with Crippen LogP contribution in [0.3, 0.4) is 0 Å². The second kappa shape index (κ2) is 6.67. The lowest BCUT2D eigenvalue weighted by molar-refractivity contribution is 0.0913. The molecule has 2 rings (SSSR count). The topological polar surface area (TPSA) is 78.8 Å². The zero-order chi connectivity index (χ0) is 15.4. The van der Waals surface area contributed by atoms with E-state index in [1.807, 2.05) is 36.7 Å². The van der Waals surface area contributed by atoms with Crippen LogP contribution in [0, 0.1) is 12.8 Å². The number of nitrogens with two attached hydrogens (primary N) is 1. The van der Waals surface area contributed by atoms with Crippen LogP contribution in [0.25, 0.3) is 11.4 Å². The number of ether oxygens (including phenoxy) is 1. The minimum absolute atomic E-state index is 0.0786. The summed E-state index contributed by atoms with van der Waals surface area (Å²) in [7, 11) is 0. The van der Waals surface area contributed by atoms with Crippen molar-refractivity contribution in [3.63, 3.8) is 0 Å². The summed E-state index contributed by atoms with van der Waals surface area (Å²) in [5.74, 6) is 1.04. The van der Waals surface area contributed by atoms with Gasteiger partial charge in [-0.1, -0.05) is 25.5 Å². The lowest BCUT2D eigenvalue weighted by atomic mass is 10.0. The van der Waals surface area contributed by atoms with Crippen LogP contribution in [0.1, 0.15) is 32.4 Å². The fraction of sp³-hybridized carbons (Fsp3) is 0.533. The van der Waals surface area contributed by atoms with E-state index < -0.39 is 0 Å². The Kier molecular flexibility index (Phi) is 4.90. The lowest BCUT2D eigenvalue weighted by Crippen LogP contribution is -2.23. The van der Waals surface area contributed by atoms with Crippen molar-refractivity contribution in [3.8, 4) is 11.4 Å². The van der Waals surface area contributed by atoms with E-state index in [1.165, 1.54) is 0 Å². The Hall–Kier alpha value is -1.95. The van der Waals surface area contributed by atoms with Gasteiger partial charge < -0.3 is 10.5 Å². The first kappa shape index (κ1) is 15.4. The third kappa shape index (κ3) is 3.39. The number of hydrogen-bond acceptors (Lipinski definition) is 5. The minimum Gasteiger partial charge on any atom is -0.398 e. The zero-order valence-corrected chi connectivity index (χ0v) is 13.1. The average Bonchev–Trinajstić information content (AvgIpc) is 2.90. The van der Waals surface area contributed by atoms with Gasteiger partial charge in [0, 0.05) is 17.9 Å². The van der Waals surface area contributed by atoms with Gasteiger partial charge in [0.1, 0.15) is 0 Å². The van der Waals surface area contributed by atoms with Gasteiger partial charge in [0.05, 0.1) is 12.6 Å². The predicted octanol–water partition coefficient (Wildman–Crippen LogP) is 2.46. The molecule has 0 aliphatic carbocycles. The quantitative estimate of drug-likeness (QED) is 0.826. The first-order chi connectivity index (χ1) is 10.0. The molecule has 2 aromatic rings. The van der Waals surface area contributed by atoms with E-state index in [4.69, 9.17) is 10.5 Å². The molecule has 0 saturated carbocycles. The van der Waals surface area contributed by atoms with Crippen LogP contribution >= 0.6 is 0 Å². The smallest absolute Gasteiger partial charge is 0.184 e. The second-order valence-corrected chi connectivity index (χ2v) is 5.51. The molecule has 0 saturated heterocycles. The van der Waals surface area contributed by atoms with Crippen LogP contribution in [0.2, 0.25) is 0 Å². The van der Waals surface area contributed by atoms with Crippen molar-refractivity contribution in [1.29, 1.82) is 0 Å². The van der Waals surface area contributed by atoms with Crippen LogP contribution in [0.15, 0.2) is 18.2 Å². The van der Waals surface area contributed by atoms with E-state index in [1.54, 1.807) is 0 Å². The monoisotopic (exact) mass is 289 g/mol. The lowest BCUT2D eigenvalue weighted by Gasteiger charge is -2.22. The highest BCUT2D eigenvalue weighted by atomic mass is 16.5. The molecule has 1 atom stereocenters. The van der Waals surface area contributed by atoms with Crippen molar-refractivity contribution in [2.45, 2.75) is 33.7 Å². The molecule has 21 heavy (non-hydrogen) atoms. The molecule has 1 aromatic carbocycles. The minimum atomic E-state index is 0.0786. The summed E-state index contributed by atoms with van der Waals surface area (Å²) in [5.41, 5.74) is 8.75. The molecule has 114 valence electrons. The average molecular weight is 289 g/mol. The van der Waals surface area contributed by atoms with Gasteiger partial charge in [-0.25, -0.2) is 4.68 Å². The van der Waals surface area contributed by atoms with Gasteiger partial charge in [0.15, 0.2) is 5.82 Å². The molecule has 0 fully saturated rings. The number of aryl methyl sites for hydroxylation is 1. The molecular formula is C15H23N5O. The SMILES string of the molecule is CCOCC(C(C)C)n1nnnc1-c1cc(C)ccc1N. The van der Waals surface area contributed by atoms with Gasteiger partial charge >= 0.3 is 0 Å². The second-order valence-electron chi connectivity index (χ2n) is 5.51. The summed E-state index contributed by atoms with van der Waals surface area (Å²) < 4.78 is 7.40. The van der Waals surface area contributed by atoms with Crippen molar-refractivity contribution < 1.29 is 4.74 Å². The molecule has 1 unspecified atom stereocenters. The highest BCUT2D eigenvalue weighted by molar-refractivity contribution is 5.72. The Labute approximate surface area is 125 Å². The van der Waals surface area contributed by atoms with E-state index in [2.05, 4.69) is 29.4 Å². The molecule has 6 nitrogen and oxygen atoms in total. The van der Waals surface area contributed by atoms with Gasteiger partial charge in [-0.15, -0.1) is 5.10 Å². The third-order valence-corrected chi connectivity index (χ3v) is 3.52. The molecular weight excluding hydrogens is 266 g/mol. The molecule has 0 spiro atoms. The first-order valence-electron chi connectivity index (χ1n) is 7.26. The Morgan fingerprint density at radius 1 is 1.33 bits per heavy atom. The summed E-state index contributed by atoms with van der Waals surface area (Å²) in [4.78, 5) is 0. The Morgan fingerprint density at radius 2 is 2.10 bits per heavy atom. The number of benzene rings is 1. The Morgan fingerprint density at radius 3 is 2.76 bits per heavy atom.